The van der Waals surface area contributed by atoms with Crippen molar-refractivity contribution >= 4 is 54.2 Å². The number of benzene rings is 2. The maximum absolute atomic E-state index is 13.5. The van der Waals surface area contributed by atoms with Crippen LogP contribution in [0.2, 0.25) is 5.02 Å². The maximum Gasteiger partial charge on any atom is 0.260 e. The molecule has 3 aromatic rings. The smallest absolute Gasteiger partial charge is 0.260 e. The number of thiazole rings is 1. The van der Waals surface area contributed by atoms with Crippen LogP contribution in [0.25, 0.3) is 10.2 Å². The van der Waals surface area contributed by atoms with Gasteiger partial charge in [-0.25, -0.2) is 17.7 Å². The van der Waals surface area contributed by atoms with Gasteiger partial charge in [-0.2, -0.15) is 0 Å². The molecule has 1 amide bonds. The molecule has 0 atom stereocenters. The van der Waals surface area contributed by atoms with Gasteiger partial charge in [0.1, 0.15) is 0 Å². The molecule has 0 N–H and O–H groups in total. The predicted octanol–water partition coefficient (Wildman–Crippen LogP) is 4.89. The number of carbonyl (C=O) groups excluding carboxylic acids is 1. The van der Waals surface area contributed by atoms with Crippen LogP contribution in [0.4, 0.5) is 5.13 Å². The van der Waals surface area contributed by atoms with E-state index in [0.29, 0.717) is 35.4 Å². The minimum absolute atomic E-state index is 0.174. The fourth-order valence-electron chi connectivity index (χ4n) is 3.45. The highest BCUT2D eigenvalue weighted by molar-refractivity contribution is 7.89. The first kappa shape index (κ1) is 26.6. The Balaban J connectivity index is 1.92. The van der Waals surface area contributed by atoms with E-state index in [1.54, 1.807) is 24.1 Å². The minimum atomic E-state index is -3.59. The Kier molecular flexibility index (Phi) is 8.70. The van der Waals surface area contributed by atoms with Crippen molar-refractivity contribution in [2.75, 3.05) is 45.7 Å². The summed E-state index contributed by atoms with van der Waals surface area (Å²) in [6.07, 6.45) is 1.70. The van der Waals surface area contributed by atoms with Crippen molar-refractivity contribution in [1.29, 1.82) is 0 Å². The summed E-state index contributed by atoms with van der Waals surface area (Å²) in [7, 11) is 1.87. The molecule has 1 aromatic heterocycles. The lowest BCUT2D eigenvalue weighted by molar-refractivity contribution is 0.0985. The Morgan fingerprint density at radius 3 is 2.35 bits per heavy atom. The number of anilines is 1. The molecule has 34 heavy (non-hydrogen) atoms. The fourth-order valence-corrected chi connectivity index (χ4v) is 6.10. The third-order valence-electron chi connectivity index (χ3n) is 5.52. The number of aryl methyl sites for hydroxylation is 1. The van der Waals surface area contributed by atoms with Crippen molar-refractivity contribution in [3.8, 4) is 0 Å². The number of likely N-dealkylation sites (N-methyl/N-ethyl adjacent to an activating group) is 1. The van der Waals surface area contributed by atoms with Crippen LogP contribution in [-0.4, -0.2) is 69.3 Å². The molecule has 10 heteroatoms. The van der Waals surface area contributed by atoms with Gasteiger partial charge in [0.15, 0.2) is 5.13 Å². The van der Waals surface area contributed by atoms with Crippen molar-refractivity contribution < 1.29 is 13.2 Å². The fraction of sp³-hybridized carbons (Fsp3) is 0.417. The first-order valence-electron chi connectivity index (χ1n) is 11.1. The number of unbranched alkanes of at least 4 members (excludes halogenated alkanes) is 1. The normalized spacial score (nSPS) is 12.1. The Labute approximate surface area is 211 Å². The molecule has 0 saturated carbocycles. The molecule has 1 heterocycles. The van der Waals surface area contributed by atoms with Crippen LogP contribution in [0, 0.1) is 6.92 Å². The number of hydrogen-bond donors (Lipinski definition) is 0. The minimum Gasteiger partial charge on any atom is -0.308 e. The highest BCUT2D eigenvalue weighted by atomic mass is 35.5. The molecule has 0 saturated heterocycles. The van der Waals surface area contributed by atoms with Crippen molar-refractivity contribution in [1.82, 2.24) is 14.2 Å². The molecule has 3 rings (SSSR count). The van der Waals surface area contributed by atoms with Gasteiger partial charge in [0.2, 0.25) is 10.0 Å². The Morgan fingerprint density at radius 1 is 1.06 bits per heavy atom. The number of aromatic nitrogens is 1. The van der Waals surface area contributed by atoms with Crippen LogP contribution in [0.15, 0.2) is 41.3 Å². The molecule has 0 spiro atoms. The van der Waals surface area contributed by atoms with Gasteiger partial charge in [-0.3, -0.25) is 9.69 Å². The summed E-state index contributed by atoms with van der Waals surface area (Å²) in [5.41, 5.74) is 2.18. The standard InChI is InChI=1S/C24H31ClN4O3S2/c1-6-7-12-28(5)34(31,32)20-10-8-18(9-11-20)23(30)29(14-13-27(3)4)24-26-22-17(2)15-19(25)16-21(22)33-24/h8-11,15-16H,6-7,12-14H2,1-5H3. The van der Waals surface area contributed by atoms with Crippen molar-refractivity contribution in [2.45, 2.75) is 31.6 Å². The lowest BCUT2D eigenvalue weighted by Crippen LogP contribution is -2.36. The lowest BCUT2D eigenvalue weighted by Gasteiger charge is -2.22. The monoisotopic (exact) mass is 522 g/mol. The molecule has 0 unspecified atom stereocenters. The van der Waals surface area contributed by atoms with E-state index < -0.39 is 10.0 Å². The van der Waals surface area contributed by atoms with Gasteiger partial charge in [-0.05, 0) is 69.4 Å². The van der Waals surface area contributed by atoms with Gasteiger partial charge in [0.25, 0.3) is 5.91 Å². The number of nitrogens with zero attached hydrogens (tertiary/aromatic N) is 4. The summed E-state index contributed by atoms with van der Waals surface area (Å²) in [6, 6.07) is 9.85. The Hall–Kier alpha value is -2.04. The molecule has 2 aromatic carbocycles. The molecule has 0 aliphatic rings. The van der Waals surface area contributed by atoms with Gasteiger partial charge in [-0.1, -0.05) is 36.3 Å². The Bertz CT molecular complexity index is 1260. The summed E-state index contributed by atoms with van der Waals surface area (Å²) < 4.78 is 27.9. The topological polar surface area (TPSA) is 73.8 Å². The number of hydrogen-bond acceptors (Lipinski definition) is 6. The number of carbonyl (C=O) groups is 1. The molecule has 0 radical (unpaired) electrons. The lowest BCUT2D eigenvalue weighted by atomic mass is 10.2. The van der Waals surface area contributed by atoms with Gasteiger partial charge in [-0.15, -0.1) is 0 Å². The zero-order valence-electron chi connectivity index (χ0n) is 20.2. The predicted molar refractivity (Wildman–Crippen MR) is 141 cm³/mol. The van der Waals surface area contributed by atoms with E-state index in [1.165, 1.54) is 27.8 Å². The van der Waals surface area contributed by atoms with Crippen molar-refractivity contribution in [2.24, 2.45) is 0 Å². The van der Waals surface area contributed by atoms with Crippen LogP contribution in [0.3, 0.4) is 0 Å². The summed E-state index contributed by atoms with van der Waals surface area (Å²) in [5.74, 6) is -0.229. The van der Waals surface area contributed by atoms with Gasteiger partial charge in [0.05, 0.1) is 15.1 Å². The van der Waals surface area contributed by atoms with Gasteiger partial charge in [0, 0.05) is 37.3 Å². The van der Waals surface area contributed by atoms with E-state index >= 15 is 0 Å². The second-order valence-electron chi connectivity index (χ2n) is 8.53. The van der Waals surface area contributed by atoms with Crippen LogP contribution >= 0.6 is 22.9 Å². The van der Waals surface area contributed by atoms with Gasteiger partial charge < -0.3 is 4.90 Å². The molecule has 0 bridgehead atoms. The number of amides is 1. The molecule has 0 aliphatic carbocycles. The molecule has 7 nitrogen and oxygen atoms in total. The maximum atomic E-state index is 13.5. The van der Waals surface area contributed by atoms with E-state index in [9.17, 15) is 13.2 Å². The summed E-state index contributed by atoms with van der Waals surface area (Å²) in [4.78, 5) is 22.1. The van der Waals surface area contributed by atoms with Gasteiger partial charge >= 0.3 is 0 Å². The molecular weight excluding hydrogens is 492 g/mol. The van der Waals surface area contributed by atoms with E-state index in [2.05, 4.69) is 0 Å². The average molecular weight is 523 g/mol. The van der Waals surface area contributed by atoms with E-state index in [0.717, 1.165) is 28.6 Å². The second kappa shape index (κ2) is 11.1. The van der Waals surface area contributed by atoms with E-state index in [-0.39, 0.29) is 10.8 Å². The SMILES string of the molecule is CCCCN(C)S(=O)(=O)c1ccc(C(=O)N(CCN(C)C)c2nc3c(C)cc(Cl)cc3s2)cc1. The molecular formula is C24H31ClN4O3S2. The molecule has 184 valence electrons. The first-order chi connectivity index (χ1) is 16.0. The number of sulfonamides is 1. The number of halogens is 1. The highest BCUT2D eigenvalue weighted by Crippen LogP contribution is 2.33. The van der Waals surface area contributed by atoms with Crippen LogP contribution in [-0.2, 0) is 10.0 Å². The largest absolute Gasteiger partial charge is 0.308 e. The van der Waals surface area contributed by atoms with Crippen molar-refractivity contribution in [3.63, 3.8) is 0 Å². The zero-order valence-corrected chi connectivity index (χ0v) is 22.6. The van der Waals surface area contributed by atoms with Crippen molar-refractivity contribution in [3.05, 3.63) is 52.5 Å². The highest BCUT2D eigenvalue weighted by Gasteiger charge is 2.24. The van der Waals surface area contributed by atoms with Crippen LogP contribution < -0.4 is 4.90 Å². The van der Waals surface area contributed by atoms with E-state index in [1.807, 2.05) is 45.0 Å². The third-order valence-corrected chi connectivity index (χ3v) is 8.64. The van der Waals surface area contributed by atoms with Crippen LogP contribution in [0.5, 0.6) is 0 Å². The molecule has 0 aliphatic heterocycles. The summed E-state index contributed by atoms with van der Waals surface area (Å²) in [6.45, 7) is 5.51. The van der Waals surface area contributed by atoms with E-state index in [4.69, 9.17) is 16.6 Å². The average Bonchev–Trinajstić information content (AvgIpc) is 3.21. The second-order valence-corrected chi connectivity index (χ2v) is 12.0. The zero-order chi connectivity index (χ0) is 25.0. The number of rotatable bonds is 10. The Morgan fingerprint density at radius 2 is 1.74 bits per heavy atom. The summed E-state index contributed by atoms with van der Waals surface area (Å²) in [5, 5.41) is 1.22. The van der Waals surface area contributed by atoms with Crippen LogP contribution in [0.1, 0.15) is 35.7 Å². The summed E-state index contributed by atoms with van der Waals surface area (Å²) >= 11 is 7.63. The molecule has 0 fully saturated rings. The third kappa shape index (κ3) is 5.95. The number of fused-ring (bicyclic) bond motifs is 1. The first-order valence-corrected chi connectivity index (χ1v) is 13.8. The quantitative estimate of drug-likeness (QED) is 0.379.